The van der Waals surface area contributed by atoms with Gasteiger partial charge in [0.2, 0.25) is 0 Å². The first kappa shape index (κ1) is 15.7. The normalized spacial score (nSPS) is 13.9. The van der Waals surface area contributed by atoms with E-state index in [0.29, 0.717) is 0 Å². The Labute approximate surface area is 128 Å². The van der Waals surface area contributed by atoms with E-state index in [-0.39, 0.29) is 6.04 Å². The molecular formula is C16H20N2O2S. The van der Waals surface area contributed by atoms with Crippen LogP contribution in [0.1, 0.15) is 47.6 Å². The monoisotopic (exact) mass is 304 g/mol. The molecule has 0 spiro atoms. The summed E-state index contributed by atoms with van der Waals surface area (Å²) in [5.74, 6) is -1.27. The van der Waals surface area contributed by atoms with Crippen LogP contribution in [0.5, 0.6) is 0 Å². The summed E-state index contributed by atoms with van der Waals surface area (Å²) in [5.41, 5.74) is 3.02. The van der Waals surface area contributed by atoms with Gasteiger partial charge in [-0.15, -0.1) is 11.3 Å². The highest BCUT2D eigenvalue weighted by molar-refractivity contribution is 7.09. The summed E-state index contributed by atoms with van der Waals surface area (Å²) in [6, 6.07) is 7.92. The molecule has 21 heavy (non-hydrogen) atoms. The van der Waals surface area contributed by atoms with E-state index in [4.69, 9.17) is 5.11 Å². The van der Waals surface area contributed by atoms with E-state index in [1.165, 1.54) is 0 Å². The Kier molecular flexibility index (Phi) is 5.09. The molecule has 2 atom stereocenters. The number of hydrogen-bond acceptors (Lipinski definition) is 4. The lowest BCUT2D eigenvalue weighted by Gasteiger charge is -2.12. The van der Waals surface area contributed by atoms with Crippen molar-refractivity contribution < 1.29 is 9.90 Å². The summed E-state index contributed by atoms with van der Waals surface area (Å²) >= 11 is 1.66. The molecule has 4 nitrogen and oxygen atoms in total. The molecule has 0 radical (unpaired) electrons. The van der Waals surface area contributed by atoms with Crippen molar-refractivity contribution in [2.75, 3.05) is 0 Å². The average molecular weight is 304 g/mol. The van der Waals surface area contributed by atoms with Gasteiger partial charge in [-0.25, -0.2) is 4.98 Å². The number of carbonyl (C=O) groups is 1. The molecule has 0 bridgehead atoms. The third-order valence-electron chi connectivity index (χ3n) is 3.47. The molecule has 2 unspecified atom stereocenters. The van der Waals surface area contributed by atoms with Gasteiger partial charge in [0.05, 0.1) is 12.0 Å². The first-order chi connectivity index (χ1) is 9.97. The third-order valence-corrected chi connectivity index (χ3v) is 4.62. The van der Waals surface area contributed by atoms with Crippen LogP contribution in [0.4, 0.5) is 0 Å². The molecule has 1 aromatic heterocycles. The Balaban J connectivity index is 1.93. The maximum absolute atomic E-state index is 10.9. The quantitative estimate of drug-likeness (QED) is 0.857. The lowest BCUT2D eigenvalue weighted by atomic mass is 10.00. The molecule has 1 heterocycles. The van der Waals surface area contributed by atoms with Gasteiger partial charge < -0.3 is 10.4 Å². The van der Waals surface area contributed by atoms with Crippen LogP contribution in [0.25, 0.3) is 0 Å². The van der Waals surface area contributed by atoms with Gasteiger partial charge in [0.15, 0.2) is 0 Å². The number of rotatable bonds is 6. The molecular weight excluding hydrogens is 284 g/mol. The van der Waals surface area contributed by atoms with Gasteiger partial charge in [-0.2, -0.15) is 0 Å². The number of hydrogen-bond donors (Lipinski definition) is 2. The summed E-state index contributed by atoms with van der Waals surface area (Å²) < 4.78 is 0. The largest absolute Gasteiger partial charge is 0.481 e. The Hall–Kier alpha value is -1.72. The fourth-order valence-electron chi connectivity index (χ4n) is 2.00. The predicted octanol–water partition coefficient (Wildman–Crippen LogP) is 3.49. The minimum Gasteiger partial charge on any atom is -0.481 e. The zero-order valence-electron chi connectivity index (χ0n) is 12.5. The van der Waals surface area contributed by atoms with Crippen molar-refractivity contribution in [3.8, 4) is 0 Å². The van der Waals surface area contributed by atoms with Crippen LogP contribution in [-0.2, 0) is 11.3 Å². The van der Waals surface area contributed by atoms with E-state index < -0.39 is 11.9 Å². The topological polar surface area (TPSA) is 62.2 Å². The van der Waals surface area contributed by atoms with Gasteiger partial charge in [0.25, 0.3) is 0 Å². The van der Waals surface area contributed by atoms with E-state index in [0.717, 1.165) is 28.4 Å². The second-order valence-electron chi connectivity index (χ2n) is 5.23. The Morgan fingerprint density at radius 3 is 2.52 bits per heavy atom. The first-order valence-electron chi connectivity index (χ1n) is 6.94. The number of nitrogens with one attached hydrogen (secondary N) is 1. The molecule has 1 aromatic carbocycles. The highest BCUT2D eigenvalue weighted by Crippen LogP contribution is 2.19. The second kappa shape index (κ2) is 6.83. The lowest BCUT2D eigenvalue weighted by Crippen LogP contribution is -2.18. The fraction of sp³-hybridized carbons (Fsp3) is 0.375. The van der Waals surface area contributed by atoms with Crippen molar-refractivity contribution in [2.24, 2.45) is 0 Å². The zero-order valence-corrected chi connectivity index (χ0v) is 13.3. The van der Waals surface area contributed by atoms with Crippen LogP contribution in [0.15, 0.2) is 29.6 Å². The standard InChI is InChI=1S/C16H20N2O2S/c1-10-9-21-15(18-10)12(3)17-8-13-4-6-14(7-5-13)11(2)16(19)20/h4-7,9,11-12,17H,8H2,1-3H3,(H,19,20). The smallest absolute Gasteiger partial charge is 0.310 e. The van der Waals surface area contributed by atoms with Crippen LogP contribution >= 0.6 is 11.3 Å². The van der Waals surface area contributed by atoms with E-state index in [2.05, 4.69) is 22.6 Å². The summed E-state index contributed by atoms with van der Waals surface area (Å²) in [5, 5.41) is 15.6. The third kappa shape index (κ3) is 4.12. The number of benzene rings is 1. The number of nitrogens with zero attached hydrogens (tertiary/aromatic N) is 1. The molecule has 2 rings (SSSR count). The van der Waals surface area contributed by atoms with Crippen LogP contribution in [0.3, 0.4) is 0 Å². The lowest BCUT2D eigenvalue weighted by molar-refractivity contribution is -0.138. The van der Waals surface area contributed by atoms with Crippen LogP contribution < -0.4 is 5.32 Å². The maximum atomic E-state index is 10.9. The van der Waals surface area contributed by atoms with Gasteiger partial charge in [-0.3, -0.25) is 4.79 Å². The minimum atomic E-state index is -0.798. The highest BCUT2D eigenvalue weighted by Gasteiger charge is 2.13. The first-order valence-corrected chi connectivity index (χ1v) is 7.82. The van der Waals surface area contributed by atoms with Gasteiger partial charge in [0, 0.05) is 17.6 Å². The van der Waals surface area contributed by atoms with Crippen molar-refractivity contribution >= 4 is 17.3 Å². The molecule has 0 aliphatic heterocycles. The Bertz CT molecular complexity index is 607. The van der Waals surface area contributed by atoms with Crippen molar-refractivity contribution in [1.29, 1.82) is 0 Å². The van der Waals surface area contributed by atoms with Crippen LogP contribution in [0.2, 0.25) is 0 Å². The van der Waals surface area contributed by atoms with E-state index in [9.17, 15) is 4.79 Å². The summed E-state index contributed by atoms with van der Waals surface area (Å²) in [6.07, 6.45) is 0. The Morgan fingerprint density at radius 2 is 2.00 bits per heavy atom. The number of aromatic nitrogens is 1. The number of aliphatic carboxylic acids is 1. The molecule has 112 valence electrons. The molecule has 0 saturated heterocycles. The van der Waals surface area contributed by atoms with Crippen molar-refractivity contribution in [2.45, 2.75) is 39.3 Å². The van der Waals surface area contributed by atoms with Gasteiger partial charge >= 0.3 is 5.97 Å². The molecule has 0 saturated carbocycles. The summed E-state index contributed by atoms with van der Waals surface area (Å²) in [6.45, 7) is 6.53. The number of thiazole rings is 1. The van der Waals surface area contributed by atoms with Crippen LogP contribution in [-0.4, -0.2) is 16.1 Å². The summed E-state index contributed by atoms with van der Waals surface area (Å²) in [7, 11) is 0. The van der Waals surface area contributed by atoms with Crippen LogP contribution in [0, 0.1) is 6.92 Å². The SMILES string of the molecule is Cc1csc(C(C)NCc2ccc(C(C)C(=O)O)cc2)n1. The molecule has 0 amide bonds. The zero-order chi connectivity index (χ0) is 15.4. The van der Waals surface area contributed by atoms with E-state index in [1.807, 2.05) is 31.2 Å². The summed E-state index contributed by atoms with van der Waals surface area (Å²) in [4.78, 5) is 15.4. The molecule has 2 N–H and O–H groups in total. The molecule has 5 heteroatoms. The molecule has 2 aromatic rings. The maximum Gasteiger partial charge on any atom is 0.310 e. The van der Waals surface area contributed by atoms with E-state index >= 15 is 0 Å². The van der Waals surface area contributed by atoms with Crippen molar-refractivity contribution in [1.82, 2.24) is 10.3 Å². The highest BCUT2D eigenvalue weighted by atomic mass is 32.1. The predicted molar refractivity (Wildman–Crippen MR) is 84.6 cm³/mol. The number of carboxylic acids is 1. The van der Waals surface area contributed by atoms with E-state index in [1.54, 1.807) is 18.3 Å². The molecule has 0 aliphatic rings. The average Bonchev–Trinajstić information content (AvgIpc) is 2.91. The minimum absolute atomic E-state index is 0.210. The van der Waals surface area contributed by atoms with Crippen molar-refractivity contribution in [3.05, 3.63) is 51.5 Å². The second-order valence-corrected chi connectivity index (χ2v) is 6.12. The van der Waals surface area contributed by atoms with Crippen molar-refractivity contribution in [3.63, 3.8) is 0 Å². The molecule has 0 aliphatic carbocycles. The Morgan fingerprint density at radius 1 is 1.33 bits per heavy atom. The fourth-order valence-corrected chi connectivity index (χ4v) is 2.82. The number of aryl methyl sites for hydroxylation is 1. The molecule has 0 fully saturated rings. The number of carboxylic acid groups (broad SMARTS) is 1. The van der Waals surface area contributed by atoms with Gasteiger partial charge in [0.1, 0.15) is 5.01 Å². The van der Waals surface area contributed by atoms with Gasteiger partial charge in [-0.1, -0.05) is 24.3 Å². The van der Waals surface area contributed by atoms with Gasteiger partial charge in [-0.05, 0) is 31.9 Å².